The number of aromatic nitrogens is 2. The van der Waals surface area contributed by atoms with Gasteiger partial charge in [0.1, 0.15) is 12.4 Å². The first kappa shape index (κ1) is 13.2. The fraction of sp³-hybridized carbons (Fsp3) is 0.455. The molecule has 1 aliphatic rings. The number of quaternary nitrogens is 1. The van der Waals surface area contributed by atoms with Crippen LogP contribution in [0.2, 0.25) is 0 Å². The highest BCUT2D eigenvalue weighted by Crippen LogP contribution is 2.31. The molecule has 1 unspecified atom stereocenters. The number of carboxylic acids is 1. The smallest absolute Gasteiger partial charge is 0.431 e. The van der Waals surface area contributed by atoms with Crippen LogP contribution in [-0.2, 0) is 4.79 Å². The molecule has 1 N–H and O–H groups in total. The van der Waals surface area contributed by atoms with Crippen molar-refractivity contribution in [3.63, 3.8) is 0 Å². The predicted octanol–water partition coefficient (Wildman–Crippen LogP) is 0.301. The van der Waals surface area contributed by atoms with E-state index in [-0.39, 0.29) is 16.0 Å². The van der Waals surface area contributed by atoms with Crippen molar-refractivity contribution in [1.29, 1.82) is 0 Å². The summed E-state index contributed by atoms with van der Waals surface area (Å²) in [5, 5.41) is 9.04. The van der Waals surface area contributed by atoms with E-state index in [9.17, 15) is 14.4 Å². The number of aliphatic carboxylic acids is 1. The lowest BCUT2D eigenvalue weighted by Gasteiger charge is -2.32. The third-order valence-corrected chi connectivity index (χ3v) is 3.35. The number of carbonyl (C=O) groups is 3. The molecular formula is C11H15N4O4+. The van der Waals surface area contributed by atoms with Gasteiger partial charge in [-0.05, 0) is 6.92 Å². The van der Waals surface area contributed by atoms with Crippen LogP contribution < -0.4 is 4.48 Å². The molecule has 19 heavy (non-hydrogen) atoms. The minimum atomic E-state index is -1.07. The van der Waals surface area contributed by atoms with E-state index in [1.54, 1.807) is 14.1 Å². The van der Waals surface area contributed by atoms with Crippen LogP contribution in [0.4, 0.5) is 10.6 Å². The van der Waals surface area contributed by atoms with Crippen LogP contribution in [0.5, 0.6) is 0 Å². The van der Waals surface area contributed by atoms with Gasteiger partial charge in [0.05, 0.1) is 14.1 Å². The highest BCUT2D eigenvalue weighted by atomic mass is 16.4. The highest BCUT2D eigenvalue weighted by molar-refractivity contribution is 6.12. The zero-order chi connectivity index (χ0) is 14.5. The number of carboxylic acid groups (broad SMARTS) is 1. The van der Waals surface area contributed by atoms with Crippen LogP contribution in [-0.4, -0.2) is 58.6 Å². The maximum atomic E-state index is 12.2. The molecule has 0 fully saturated rings. The Kier molecular flexibility index (Phi) is 2.70. The van der Waals surface area contributed by atoms with Gasteiger partial charge in [-0.25, -0.2) is 14.5 Å². The Balaban J connectivity index is 2.67. The molecule has 0 bridgehead atoms. The third-order valence-electron chi connectivity index (χ3n) is 3.35. The van der Waals surface area contributed by atoms with Crippen molar-refractivity contribution in [2.75, 3.05) is 21.1 Å². The maximum Gasteiger partial charge on any atom is 0.431 e. The Hall–Kier alpha value is -2.22. The Morgan fingerprint density at radius 1 is 1.42 bits per heavy atom. The number of nitrogens with zero attached hydrogens (tertiary/aromatic N) is 4. The summed E-state index contributed by atoms with van der Waals surface area (Å²) in [7, 11) is 4.58. The summed E-state index contributed by atoms with van der Waals surface area (Å²) in [6, 6.07) is -1.34. The first-order valence-electron chi connectivity index (χ1n) is 5.66. The van der Waals surface area contributed by atoms with Crippen molar-refractivity contribution in [1.82, 2.24) is 18.9 Å². The molecule has 1 aromatic rings. The van der Waals surface area contributed by atoms with E-state index in [2.05, 4.69) is 4.98 Å². The number of rotatable bonds is 2. The van der Waals surface area contributed by atoms with Gasteiger partial charge in [-0.3, -0.25) is 4.79 Å². The summed E-state index contributed by atoms with van der Waals surface area (Å²) >= 11 is 0. The summed E-state index contributed by atoms with van der Waals surface area (Å²) < 4.78 is 1.06. The number of hydrogen-bond donors (Lipinski definition) is 1. The molecule has 1 atom stereocenters. The summed E-state index contributed by atoms with van der Waals surface area (Å²) in [5.41, 5.74) is 0.141. The molecule has 2 rings (SSSR count). The van der Waals surface area contributed by atoms with Crippen molar-refractivity contribution in [2.45, 2.75) is 13.0 Å². The van der Waals surface area contributed by atoms with Gasteiger partial charge in [0.15, 0.2) is 5.69 Å². The number of fused-ring (bicyclic) bond motifs is 1. The van der Waals surface area contributed by atoms with Gasteiger partial charge >= 0.3 is 12.0 Å². The minimum absolute atomic E-state index is 0.141. The van der Waals surface area contributed by atoms with Gasteiger partial charge in [-0.15, -0.1) is 0 Å². The van der Waals surface area contributed by atoms with Gasteiger partial charge in [-0.2, -0.15) is 9.47 Å². The number of carbonyl (C=O) groups excluding carboxylic acids is 2. The number of urea groups is 1. The van der Waals surface area contributed by atoms with Crippen LogP contribution >= 0.6 is 0 Å². The van der Waals surface area contributed by atoms with Gasteiger partial charge in [0, 0.05) is 7.05 Å². The second-order valence-corrected chi connectivity index (χ2v) is 4.94. The minimum Gasteiger partial charge on any atom is -0.480 e. The largest absolute Gasteiger partial charge is 0.480 e. The van der Waals surface area contributed by atoms with Crippen molar-refractivity contribution in [3.05, 3.63) is 12.0 Å². The molecular weight excluding hydrogens is 252 g/mol. The fourth-order valence-corrected chi connectivity index (χ4v) is 2.09. The second-order valence-electron chi connectivity index (χ2n) is 4.94. The third kappa shape index (κ3) is 1.64. The van der Waals surface area contributed by atoms with Gasteiger partial charge in [0.2, 0.25) is 0 Å². The monoisotopic (exact) mass is 267 g/mol. The average Bonchev–Trinajstić information content (AvgIpc) is 2.78. The normalized spacial score (nSPS) is 19.3. The van der Waals surface area contributed by atoms with Gasteiger partial charge in [-0.1, -0.05) is 0 Å². The van der Waals surface area contributed by atoms with E-state index in [0.717, 1.165) is 4.90 Å². The van der Waals surface area contributed by atoms with E-state index < -0.39 is 23.9 Å². The average molecular weight is 267 g/mol. The van der Waals surface area contributed by atoms with E-state index in [4.69, 9.17) is 5.11 Å². The summed E-state index contributed by atoms with van der Waals surface area (Å²) in [4.78, 5) is 40.3. The number of imidazole rings is 1. The molecule has 0 aliphatic carbocycles. The number of imide groups is 1. The summed E-state index contributed by atoms with van der Waals surface area (Å²) in [6.07, 6.45) is 1.29. The van der Waals surface area contributed by atoms with Gasteiger partial charge < -0.3 is 9.67 Å². The molecule has 0 spiro atoms. The van der Waals surface area contributed by atoms with Crippen LogP contribution in [0.1, 0.15) is 23.5 Å². The first-order chi connectivity index (χ1) is 8.69. The van der Waals surface area contributed by atoms with Crippen LogP contribution in [0.3, 0.4) is 0 Å². The van der Waals surface area contributed by atoms with E-state index in [0.29, 0.717) is 0 Å². The highest BCUT2D eigenvalue weighted by Gasteiger charge is 2.48. The fourth-order valence-electron chi connectivity index (χ4n) is 2.09. The van der Waals surface area contributed by atoms with E-state index >= 15 is 0 Å². The second kappa shape index (κ2) is 3.89. The predicted molar refractivity (Wildman–Crippen MR) is 65.7 cm³/mol. The van der Waals surface area contributed by atoms with Crippen LogP contribution in [0, 0.1) is 0 Å². The molecule has 1 aromatic heterocycles. The molecule has 2 heterocycles. The lowest BCUT2D eigenvalue weighted by Crippen LogP contribution is -2.59. The molecule has 8 heteroatoms. The Labute approximate surface area is 109 Å². The topological polar surface area (TPSA) is 92.5 Å². The quantitative estimate of drug-likeness (QED) is 0.778. The van der Waals surface area contributed by atoms with Gasteiger partial charge in [0.25, 0.3) is 11.7 Å². The summed E-state index contributed by atoms with van der Waals surface area (Å²) in [6.45, 7) is 1.45. The van der Waals surface area contributed by atoms with Crippen molar-refractivity contribution in [3.8, 4) is 0 Å². The van der Waals surface area contributed by atoms with Crippen LogP contribution in [0.15, 0.2) is 6.33 Å². The number of hydrogen-bond acceptors (Lipinski definition) is 4. The molecule has 102 valence electrons. The van der Waals surface area contributed by atoms with Crippen molar-refractivity contribution >= 4 is 23.7 Å². The zero-order valence-corrected chi connectivity index (χ0v) is 11.1. The summed E-state index contributed by atoms with van der Waals surface area (Å²) in [5.74, 6) is -1.35. The first-order valence-corrected chi connectivity index (χ1v) is 5.66. The molecule has 1 aliphatic heterocycles. The van der Waals surface area contributed by atoms with Crippen molar-refractivity contribution < 1.29 is 19.5 Å². The Morgan fingerprint density at radius 3 is 2.53 bits per heavy atom. The van der Waals surface area contributed by atoms with Crippen molar-refractivity contribution in [2.24, 2.45) is 0 Å². The SMILES string of the molecule is CC(C(=O)O)n1cnc2c1C(=O)N(C)C(=O)[N+]2(C)C. The lowest BCUT2D eigenvalue weighted by atomic mass is 10.2. The maximum absolute atomic E-state index is 12.2. The molecule has 8 nitrogen and oxygen atoms in total. The molecule has 3 amide bonds. The van der Waals surface area contributed by atoms with E-state index in [1.807, 2.05) is 0 Å². The molecule has 0 saturated heterocycles. The van der Waals surface area contributed by atoms with Crippen LogP contribution in [0.25, 0.3) is 0 Å². The number of amides is 3. The Bertz CT molecular complexity index is 590. The zero-order valence-electron chi connectivity index (χ0n) is 11.1. The molecule has 0 saturated carbocycles. The lowest BCUT2D eigenvalue weighted by molar-refractivity contribution is -0.140. The van der Waals surface area contributed by atoms with E-state index in [1.165, 1.54) is 24.9 Å². The Morgan fingerprint density at radius 2 is 2.00 bits per heavy atom. The molecule has 0 radical (unpaired) electrons. The molecule has 0 aromatic carbocycles. The standard InChI is InChI=1S/C11H14N4O4/c1-6(10(17)18)14-5-12-8-7(14)9(16)13(2)11(19)15(8,3)4/h5-6H,1-4H3/p+1.